The van der Waals surface area contributed by atoms with E-state index in [0.717, 1.165) is 4.57 Å². The SMILES string of the molecule is CC(C)(C)CNc1c(C#N)cnc2c(C#N)cc(N[C@H](/C(N)=C/NC3(C(F)F)CC3)c3cccc4c(=O)n(CC(F)F)ccc34)cc12. The van der Waals surface area contributed by atoms with Gasteiger partial charge in [-0.25, -0.2) is 17.6 Å². The third-order valence-electron chi connectivity index (χ3n) is 8.08. The van der Waals surface area contributed by atoms with Crippen molar-refractivity contribution < 1.29 is 17.6 Å². The predicted octanol–water partition coefficient (Wildman–Crippen LogP) is 6.36. The molecule has 13 heteroatoms. The van der Waals surface area contributed by atoms with Gasteiger partial charge in [-0.15, -0.1) is 0 Å². The van der Waals surface area contributed by atoms with Crippen LogP contribution in [0.15, 0.2) is 65.5 Å². The minimum absolute atomic E-state index is 0.0924. The van der Waals surface area contributed by atoms with Gasteiger partial charge in [0.1, 0.15) is 12.1 Å². The van der Waals surface area contributed by atoms with Crippen LogP contribution in [0.3, 0.4) is 0 Å². The zero-order valence-corrected chi connectivity index (χ0v) is 26.0. The topological polar surface area (TPSA) is 145 Å². The van der Waals surface area contributed by atoms with Crippen molar-refractivity contribution in [3.8, 4) is 12.1 Å². The molecule has 244 valence electrons. The van der Waals surface area contributed by atoms with Gasteiger partial charge in [-0.1, -0.05) is 32.9 Å². The average molecular weight is 647 g/mol. The molecule has 1 aliphatic rings. The summed E-state index contributed by atoms with van der Waals surface area (Å²) in [6.07, 6.45) is -0.840. The molecule has 1 aliphatic carbocycles. The Balaban J connectivity index is 1.67. The molecule has 0 bridgehead atoms. The maximum Gasteiger partial charge on any atom is 0.261 e. The van der Waals surface area contributed by atoms with Crippen molar-refractivity contribution in [2.24, 2.45) is 11.1 Å². The first-order chi connectivity index (χ1) is 22.3. The highest BCUT2D eigenvalue weighted by Crippen LogP contribution is 2.41. The Morgan fingerprint density at radius 1 is 1.09 bits per heavy atom. The van der Waals surface area contributed by atoms with Crippen molar-refractivity contribution in [3.05, 3.63) is 87.7 Å². The van der Waals surface area contributed by atoms with Crippen LogP contribution in [0.2, 0.25) is 0 Å². The molecule has 1 atom stereocenters. The third-order valence-corrected chi connectivity index (χ3v) is 8.08. The molecule has 5 rings (SSSR count). The minimum atomic E-state index is -2.74. The molecule has 1 fully saturated rings. The van der Waals surface area contributed by atoms with Crippen molar-refractivity contribution in [1.29, 1.82) is 10.5 Å². The molecule has 9 nitrogen and oxygen atoms in total. The normalized spacial score (nSPS) is 15.0. The van der Waals surface area contributed by atoms with E-state index in [1.165, 1.54) is 30.7 Å². The number of rotatable bonds is 11. The Morgan fingerprint density at radius 2 is 1.81 bits per heavy atom. The standard InChI is InChI=1S/C34H34F4N8O/c1-33(2,3)18-43-29-20(14-40)15-42-28-19(13-39)11-21(12-25(28)29)45-30(26(41)16-44-34(8-9-34)32(37)38)23-5-4-6-24-22(23)7-10-46(31(24)47)17-27(35)36/h4-7,10-12,15-16,27,30,32,44-45H,8-9,17-18,41H2,1-3H3,(H,42,43)/b26-16-/t30-/m0/s1. The van der Waals surface area contributed by atoms with Crippen LogP contribution in [0.25, 0.3) is 21.7 Å². The first-order valence-electron chi connectivity index (χ1n) is 15.0. The van der Waals surface area contributed by atoms with Crippen molar-refractivity contribution in [2.45, 2.75) is 64.6 Å². The lowest BCUT2D eigenvalue weighted by Crippen LogP contribution is -2.35. The van der Waals surface area contributed by atoms with E-state index in [4.69, 9.17) is 5.73 Å². The number of nitriles is 2. The molecule has 0 amide bonds. The highest BCUT2D eigenvalue weighted by Gasteiger charge is 2.50. The number of aromatic nitrogens is 2. The number of benzene rings is 2. The second kappa shape index (κ2) is 12.8. The van der Waals surface area contributed by atoms with Crippen LogP contribution >= 0.6 is 0 Å². The second-order valence-electron chi connectivity index (χ2n) is 12.9. The largest absolute Gasteiger partial charge is 0.399 e. The molecule has 4 aromatic rings. The van der Waals surface area contributed by atoms with E-state index < -0.39 is 36.5 Å². The van der Waals surface area contributed by atoms with Crippen LogP contribution in [0.5, 0.6) is 0 Å². The molecule has 1 saturated carbocycles. The van der Waals surface area contributed by atoms with Crippen molar-refractivity contribution in [1.82, 2.24) is 14.9 Å². The summed E-state index contributed by atoms with van der Waals surface area (Å²) in [5.41, 5.74) is 6.72. The zero-order valence-electron chi connectivity index (χ0n) is 26.0. The Hall–Kier alpha value is -5.30. The quantitative estimate of drug-likeness (QED) is 0.138. The van der Waals surface area contributed by atoms with Crippen LogP contribution < -0.4 is 27.2 Å². The van der Waals surface area contributed by atoms with E-state index >= 15 is 0 Å². The zero-order chi connectivity index (χ0) is 34.1. The van der Waals surface area contributed by atoms with Crippen LogP contribution in [-0.4, -0.2) is 34.5 Å². The van der Waals surface area contributed by atoms with Gasteiger partial charge in [0.05, 0.1) is 46.2 Å². The van der Waals surface area contributed by atoms with Gasteiger partial charge in [0.25, 0.3) is 18.4 Å². The van der Waals surface area contributed by atoms with E-state index in [2.05, 4.69) is 33.1 Å². The smallest absolute Gasteiger partial charge is 0.261 e. The number of anilines is 2. The third kappa shape index (κ3) is 6.94. The van der Waals surface area contributed by atoms with Crippen molar-refractivity contribution in [2.75, 3.05) is 17.2 Å². The fourth-order valence-corrected chi connectivity index (χ4v) is 5.36. The van der Waals surface area contributed by atoms with E-state index in [1.807, 2.05) is 20.8 Å². The molecule has 2 heterocycles. The maximum atomic E-state index is 13.7. The predicted molar refractivity (Wildman–Crippen MR) is 173 cm³/mol. The van der Waals surface area contributed by atoms with Gasteiger partial charge in [0.15, 0.2) is 0 Å². The van der Waals surface area contributed by atoms with Gasteiger partial charge >= 0.3 is 0 Å². The molecule has 47 heavy (non-hydrogen) atoms. The fourth-order valence-electron chi connectivity index (χ4n) is 5.36. The van der Waals surface area contributed by atoms with Crippen molar-refractivity contribution >= 4 is 33.1 Å². The van der Waals surface area contributed by atoms with Crippen molar-refractivity contribution in [3.63, 3.8) is 0 Å². The first-order valence-corrected chi connectivity index (χ1v) is 15.0. The summed E-state index contributed by atoms with van der Waals surface area (Å²) in [5.74, 6) is 0. The highest BCUT2D eigenvalue weighted by atomic mass is 19.3. The minimum Gasteiger partial charge on any atom is -0.399 e. The molecular formula is C34H34F4N8O. The number of nitrogens with zero attached hydrogens (tertiary/aromatic N) is 4. The average Bonchev–Trinajstić information content (AvgIpc) is 3.83. The molecular weight excluding hydrogens is 612 g/mol. The Labute approximate surface area is 268 Å². The van der Waals surface area contributed by atoms with Gasteiger partial charge in [-0.2, -0.15) is 10.5 Å². The van der Waals surface area contributed by atoms with E-state index in [9.17, 15) is 32.9 Å². The van der Waals surface area contributed by atoms with E-state index in [1.54, 1.807) is 24.3 Å². The Kier molecular flexibility index (Phi) is 9.03. The number of fused-ring (bicyclic) bond motifs is 2. The van der Waals surface area contributed by atoms with Crippen LogP contribution in [0.1, 0.15) is 56.3 Å². The van der Waals surface area contributed by atoms with Gasteiger partial charge < -0.3 is 26.3 Å². The van der Waals surface area contributed by atoms with E-state index in [-0.39, 0.29) is 40.5 Å². The first kappa shape index (κ1) is 33.1. The fraction of sp³-hybridized carbons (Fsp3) is 0.353. The van der Waals surface area contributed by atoms with Crippen LogP contribution in [-0.2, 0) is 6.54 Å². The monoisotopic (exact) mass is 646 g/mol. The number of hydrogen-bond acceptors (Lipinski definition) is 8. The molecule has 0 saturated heterocycles. The number of nitrogens with one attached hydrogen (secondary N) is 3. The van der Waals surface area contributed by atoms with E-state index in [0.29, 0.717) is 39.8 Å². The number of hydrogen-bond donors (Lipinski definition) is 4. The summed E-state index contributed by atoms with van der Waals surface area (Å²) in [7, 11) is 0. The summed E-state index contributed by atoms with van der Waals surface area (Å²) in [6, 6.07) is 13.0. The molecule has 0 unspecified atom stereocenters. The number of nitrogens with two attached hydrogens (primary N) is 1. The summed E-state index contributed by atoms with van der Waals surface area (Å²) in [4.78, 5) is 17.5. The van der Waals surface area contributed by atoms with Gasteiger partial charge in [0, 0.05) is 41.6 Å². The molecule has 2 aromatic carbocycles. The summed E-state index contributed by atoms with van der Waals surface area (Å²) in [6.45, 7) is 5.82. The molecule has 0 radical (unpaired) electrons. The van der Waals surface area contributed by atoms with Gasteiger partial charge in [-0.05, 0) is 53.5 Å². The lowest BCUT2D eigenvalue weighted by molar-refractivity contribution is 0.0925. The molecule has 2 aromatic heterocycles. The van der Waals surface area contributed by atoms with Crippen LogP contribution in [0, 0.1) is 28.1 Å². The lowest BCUT2D eigenvalue weighted by atomic mass is 9.96. The number of halogens is 4. The maximum absolute atomic E-state index is 13.7. The molecule has 0 aliphatic heterocycles. The number of pyridine rings is 2. The van der Waals surface area contributed by atoms with Crippen LogP contribution in [0.4, 0.5) is 28.9 Å². The molecule has 5 N–H and O–H groups in total. The highest BCUT2D eigenvalue weighted by molar-refractivity contribution is 5.99. The lowest BCUT2D eigenvalue weighted by Gasteiger charge is -2.25. The second-order valence-corrected chi connectivity index (χ2v) is 12.9. The summed E-state index contributed by atoms with van der Waals surface area (Å²) >= 11 is 0. The Morgan fingerprint density at radius 3 is 2.43 bits per heavy atom. The Bertz CT molecular complexity index is 2000. The number of alkyl halides is 4. The van der Waals surface area contributed by atoms with Gasteiger partial charge in [-0.3, -0.25) is 9.78 Å². The van der Waals surface area contributed by atoms with Gasteiger partial charge in [0.2, 0.25) is 0 Å². The summed E-state index contributed by atoms with van der Waals surface area (Å²) in [5, 5.41) is 30.4. The molecule has 0 spiro atoms. The summed E-state index contributed by atoms with van der Waals surface area (Å²) < 4.78 is 54.7.